The summed E-state index contributed by atoms with van der Waals surface area (Å²) < 4.78 is 55.5. The van der Waals surface area contributed by atoms with Crippen LogP contribution in [0, 0.1) is 11.6 Å². The largest absolute Gasteiger partial charge is 0.352 e. The number of rotatable bonds is 12. The van der Waals surface area contributed by atoms with E-state index in [4.69, 9.17) is 0 Å². The molecule has 0 radical (unpaired) electrons. The van der Waals surface area contributed by atoms with Crippen molar-refractivity contribution in [2.24, 2.45) is 0 Å². The van der Waals surface area contributed by atoms with Gasteiger partial charge in [0.15, 0.2) is 0 Å². The fraction of sp³-hybridized carbons (Fsp3) is 0.310. The quantitative estimate of drug-likeness (QED) is 0.344. The summed E-state index contributed by atoms with van der Waals surface area (Å²) in [6.45, 7) is 4.83. The molecule has 0 unspecified atom stereocenters. The zero-order valence-electron chi connectivity index (χ0n) is 22.2. The molecule has 3 aromatic rings. The summed E-state index contributed by atoms with van der Waals surface area (Å²) in [5, 5.41) is 2.89. The van der Waals surface area contributed by atoms with Crippen LogP contribution in [0.5, 0.6) is 0 Å². The molecule has 0 heterocycles. The van der Waals surface area contributed by atoms with Crippen molar-refractivity contribution in [1.82, 2.24) is 10.2 Å². The molecule has 2 amide bonds. The molecule has 3 rings (SSSR count). The van der Waals surface area contributed by atoms with E-state index in [1.807, 2.05) is 13.8 Å². The molecule has 0 saturated carbocycles. The fourth-order valence-corrected chi connectivity index (χ4v) is 5.44. The van der Waals surface area contributed by atoms with Crippen LogP contribution in [0.1, 0.15) is 39.2 Å². The smallest absolute Gasteiger partial charge is 0.264 e. The average molecular weight is 558 g/mol. The lowest BCUT2D eigenvalue weighted by atomic mass is 10.1. The molecule has 0 spiro atoms. The van der Waals surface area contributed by atoms with Gasteiger partial charge < -0.3 is 10.2 Å². The van der Waals surface area contributed by atoms with Crippen LogP contribution in [-0.4, -0.2) is 43.8 Å². The molecule has 1 N–H and O–H groups in total. The third-order valence-corrected chi connectivity index (χ3v) is 8.17. The second-order valence-corrected chi connectivity index (χ2v) is 11.1. The molecule has 0 aliphatic carbocycles. The summed E-state index contributed by atoms with van der Waals surface area (Å²) in [5.41, 5.74) is 0.659. The van der Waals surface area contributed by atoms with Crippen molar-refractivity contribution in [1.29, 1.82) is 0 Å². The van der Waals surface area contributed by atoms with Crippen molar-refractivity contribution >= 4 is 27.5 Å². The zero-order valence-corrected chi connectivity index (χ0v) is 23.0. The van der Waals surface area contributed by atoms with Crippen LogP contribution < -0.4 is 9.62 Å². The van der Waals surface area contributed by atoms with Crippen LogP contribution in [0.4, 0.5) is 14.5 Å². The number of hydrogen-bond donors (Lipinski definition) is 1. The Morgan fingerprint density at radius 1 is 0.846 bits per heavy atom. The van der Waals surface area contributed by atoms with Gasteiger partial charge in [-0.15, -0.1) is 0 Å². The SMILES string of the molecule is CC[C@@H](C)NC(=O)[C@@H](CC)N(Cc1ccc(F)cc1)C(=O)CN(c1ccc(F)cc1)S(=O)(=O)c1ccccc1. The van der Waals surface area contributed by atoms with Gasteiger partial charge >= 0.3 is 0 Å². The van der Waals surface area contributed by atoms with E-state index in [9.17, 15) is 26.8 Å². The van der Waals surface area contributed by atoms with Gasteiger partial charge in [-0.3, -0.25) is 13.9 Å². The molecule has 0 aliphatic rings. The lowest BCUT2D eigenvalue weighted by Crippen LogP contribution is -2.53. The Balaban J connectivity index is 2.03. The van der Waals surface area contributed by atoms with Gasteiger partial charge in [0.05, 0.1) is 10.6 Å². The van der Waals surface area contributed by atoms with Crippen LogP contribution in [-0.2, 0) is 26.2 Å². The Morgan fingerprint density at radius 3 is 1.95 bits per heavy atom. The minimum absolute atomic E-state index is 0.0474. The number of carbonyl (C=O) groups is 2. The maximum Gasteiger partial charge on any atom is 0.264 e. The van der Waals surface area contributed by atoms with E-state index < -0.39 is 40.2 Å². The number of hydrogen-bond acceptors (Lipinski definition) is 4. The number of carbonyl (C=O) groups excluding carboxylic acids is 2. The first-order valence-corrected chi connectivity index (χ1v) is 14.2. The fourth-order valence-electron chi connectivity index (χ4n) is 4.00. The minimum Gasteiger partial charge on any atom is -0.352 e. The van der Waals surface area contributed by atoms with E-state index in [1.54, 1.807) is 25.1 Å². The third kappa shape index (κ3) is 7.63. The number of nitrogens with one attached hydrogen (secondary N) is 1. The number of sulfonamides is 1. The highest BCUT2D eigenvalue weighted by Gasteiger charge is 2.34. The number of anilines is 1. The molecule has 0 bridgehead atoms. The van der Waals surface area contributed by atoms with Gasteiger partial charge in [-0.05, 0) is 73.9 Å². The molecule has 39 heavy (non-hydrogen) atoms. The topological polar surface area (TPSA) is 86.8 Å². The number of nitrogens with zero attached hydrogens (tertiary/aromatic N) is 2. The summed E-state index contributed by atoms with van der Waals surface area (Å²) in [6.07, 6.45) is 0.943. The van der Waals surface area contributed by atoms with Crippen molar-refractivity contribution in [3.05, 3.63) is 96.1 Å². The Morgan fingerprint density at radius 2 is 1.41 bits per heavy atom. The predicted octanol–water partition coefficient (Wildman–Crippen LogP) is 4.88. The maximum absolute atomic E-state index is 13.9. The van der Waals surface area contributed by atoms with Gasteiger partial charge in [-0.1, -0.05) is 44.2 Å². The number of halogens is 2. The first-order chi connectivity index (χ1) is 18.6. The molecular formula is C29H33F2N3O4S. The first kappa shape index (κ1) is 29.8. The molecule has 10 heteroatoms. The average Bonchev–Trinajstić information content (AvgIpc) is 2.93. The summed E-state index contributed by atoms with van der Waals surface area (Å²) in [4.78, 5) is 28.4. The predicted molar refractivity (Wildman–Crippen MR) is 146 cm³/mol. The van der Waals surface area contributed by atoms with Gasteiger partial charge in [0.2, 0.25) is 11.8 Å². The molecule has 208 valence electrons. The third-order valence-electron chi connectivity index (χ3n) is 6.38. The minimum atomic E-state index is -4.24. The molecule has 0 saturated heterocycles. The van der Waals surface area contributed by atoms with Crippen LogP contribution in [0.3, 0.4) is 0 Å². The Hall–Kier alpha value is -3.79. The van der Waals surface area contributed by atoms with E-state index in [-0.39, 0.29) is 35.5 Å². The highest BCUT2D eigenvalue weighted by Crippen LogP contribution is 2.25. The first-order valence-electron chi connectivity index (χ1n) is 12.7. The molecule has 2 atom stereocenters. The van der Waals surface area contributed by atoms with Gasteiger partial charge in [0.1, 0.15) is 24.2 Å². The second-order valence-electron chi connectivity index (χ2n) is 9.19. The van der Waals surface area contributed by atoms with E-state index in [1.165, 1.54) is 53.4 Å². The highest BCUT2D eigenvalue weighted by atomic mass is 32.2. The van der Waals surface area contributed by atoms with Crippen LogP contribution in [0.2, 0.25) is 0 Å². The molecule has 0 fully saturated rings. The lowest BCUT2D eigenvalue weighted by Gasteiger charge is -2.33. The monoisotopic (exact) mass is 557 g/mol. The van der Waals surface area contributed by atoms with E-state index >= 15 is 0 Å². The second kappa shape index (κ2) is 13.3. The maximum atomic E-state index is 13.9. The molecule has 3 aromatic carbocycles. The van der Waals surface area contributed by atoms with Crippen molar-refractivity contribution in [2.75, 3.05) is 10.8 Å². The van der Waals surface area contributed by atoms with Gasteiger partial charge in [-0.2, -0.15) is 0 Å². The van der Waals surface area contributed by atoms with Crippen LogP contribution >= 0.6 is 0 Å². The Bertz CT molecular complexity index is 1350. The molecule has 0 aliphatic heterocycles. The van der Waals surface area contributed by atoms with Crippen molar-refractivity contribution in [3.8, 4) is 0 Å². The van der Waals surface area contributed by atoms with Crippen molar-refractivity contribution in [2.45, 2.75) is 57.1 Å². The summed E-state index contributed by atoms with van der Waals surface area (Å²) in [6, 6.07) is 16.8. The van der Waals surface area contributed by atoms with Crippen molar-refractivity contribution in [3.63, 3.8) is 0 Å². The summed E-state index contributed by atoms with van der Waals surface area (Å²) in [5.74, 6) is -2.03. The van der Waals surface area contributed by atoms with E-state index in [0.29, 0.717) is 12.0 Å². The molecular weight excluding hydrogens is 524 g/mol. The number of amides is 2. The number of benzene rings is 3. The summed E-state index contributed by atoms with van der Waals surface area (Å²) in [7, 11) is -4.24. The van der Waals surface area contributed by atoms with Crippen LogP contribution in [0.25, 0.3) is 0 Å². The normalized spacial score (nSPS) is 12.8. The lowest BCUT2D eigenvalue weighted by molar-refractivity contribution is -0.140. The highest BCUT2D eigenvalue weighted by molar-refractivity contribution is 7.92. The van der Waals surface area contributed by atoms with Gasteiger partial charge in [-0.25, -0.2) is 17.2 Å². The van der Waals surface area contributed by atoms with E-state index in [0.717, 1.165) is 16.4 Å². The van der Waals surface area contributed by atoms with E-state index in [2.05, 4.69) is 5.32 Å². The molecule has 0 aromatic heterocycles. The molecule has 7 nitrogen and oxygen atoms in total. The zero-order chi connectivity index (χ0) is 28.6. The standard InChI is InChI=1S/C29H33F2N3O4S/c1-4-21(3)32-29(36)27(5-2)33(19-22-11-13-23(30)14-12-22)28(35)20-34(25-17-15-24(31)16-18-25)39(37,38)26-9-7-6-8-10-26/h6-18,21,27H,4-5,19-20H2,1-3H3,(H,32,36)/t21-,27-/m1/s1. The summed E-state index contributed by atoms with van der Waals surface area (Å²) >= 11 is 0. The van der Waals surface area contributed by atoms with Crippen molar-refractivity contribution < 1.29 is 26.8 Å². The van der Waals surface area contributed by atoms with Gasteiger partial charge in [0.25, 0.3) is 10.0 Å². The Kier molecular flexibility index (Phi) is 10.2. The Labute approximate surface area is 228 Å². The van der Waals surface area contributed by atoms with Gasteiger partial charge in [0, 0.05) is 12.6 Å². The van der Waals surface area contributed by atoms with Crippen LogP contribution in [0.15, 0.2) is 83.8 Å².